The summed E-state index contributed by atoms with van der Waals surface area (Å²) in [5.74, 6) is 0.890. The number of hydrogen-bond donors (Lipinski definition) is 1. The molecule has 0 spiro atoms. The fourth-order valence-electron chi connectivity index (χ4n) is 2.28. The summed E-state index contributed by atoms with van der Waals surface area (Å²) in [6.07, 6.45) is 1.80. The van der Waals surface area contributed by atoms with Gasteiger partial charge in [0.15, 0.2) is 5.82 Å². The monoisotopic (exact) mass is 255 g/mol. The molecule has 98 valence electrons. The Bertz CT molecular complexity index is 735. The van der Waals surface area contributed by atoms with Crippen molar-refractivity contribution in [2.75, 3.05) is 5.73 Å². The van der Waals surface area contributed by atoms with E-state index >= 15 is 0 Å². The van der Waals surface area contributed by atoms with Crippen LogP contribution >= 0.6 is 0 Å². The van der Waals surface area contributed by atoms with Gasteiger partial charge in [0.05, 0.1) is 22.4 Å². The molecule has 0 aliphatic carbocycles. The van der Waals surface area contributed by atoms with Crippen LogP contribution in [-0.2, 0) is 0 Å². The first-order valence-corrected chi connectivity index (χ1v) is 6.36. The Labute approximate surface area is 111 Å². The second-order valence-electron chi connectivity index (χ2n) is 4.96. The zero-order valence-electron chi connectivity index (χ0n) is 11.3. The maximum absolute atomic E-state index is 6.19. The zero-order valence-corrected chi connectivity index (χ0v) is 11.3. The molecule has 3 rings (SSSR count). The maximum atomic E-state index is 6.19. The molecule has 0 atom stereocenters. The number of hydrogen-bond acceptors (Lipinski definition) is 3. The molecule has 0 bridgehead atoms. The van der Waals surface area contributed by atoms with Crippen LogP contribution in [0.3, 0.4) is 0 Å². The molecule has 2 N–H and O–H groups in total. The first kappa shape index (κ1) is 11.8. The summed E-state index contributed by atoms with van der Waals surface area (Å²) in [4.78, 5) is 4.41. The number of rotatable bonds is 2. The minimum atomic E-state index is 0.243. The van der Waals surface area contributed by atoms with Crippen molar-refractivity contribution in [1.29, 1.82) is 0 Å². The fourth-order valence-corrected chi connectivity index (χ4v) is 2.28. The van der Waals surface area contributed by atoms with Crippen LogP contribution in [0, 0.1) is 6.92 Å². The molecule has 1 aromatic carbocycles. The predicted molar refractivity (Wildman–Crippen MR) is 76.4 cm³/mol. The third kappa shape index (κ3) is 1.69. The summed E-state index contributed by atoms with van der Waals surface area (Å²) in [5, 5.41) is 4.52. The van der Waals surface area contributed by atoms with Crippen LogP contribution in [0.15, 0.2) is 30.6 Å². The third-order valence-electron chi connectivity index (χ3n) is 3.28. The van der Waals surface area contributed by atoms with E-state index in [-0.39, 0.29) is 6.04 Å². The van der Waals surface area contributed by atoms with Gasteiger partial charge in [-0.3, -0.25) is 4.57 Å². The molecular weight excluding hydrogens is 238 g/mol. The largest absolute Gasteiger partial charge is 0.394 e. The highest BCUT2D eigenvalue weighted by molar-refractivity contribution is 5.78. The van der Waals surface area contributed by atoms with Crippen LogP contribution in [0.25, 0.3) is 16.9 Å². The number of fused-ring (bicyclic) bond motifs is 1. The highest BCUT2D eigenvalue weighted by atomic mass is 15.4. The third-order valence-corrected chi connectivity index (χ3v) is 3.28. The van der Waals surface area contributed by atoms with Gasteiger partial charge < -0.3 is 5.73 Å². The lowest BCUT2D eigenvalue weighted by molar-refractivity contribution is 0.520. The van der Waals surface area contributed by atoms with Crippen LogP contribution in [0.4, 0.5) is 5.69 Å². The average Bonchev–Trinajstić information content (AvgIpc) is 2.92. The minimum absolute atomic E-state index is 0.243. The standard InChI is InChI=1S/C14H17N5/c1-9(2)19-14(13(15)10(3)17-19)18-8-16-11-6-4-5-7-12(11)18/h4-9H,15H2,1-3H3. The Kier molecular flexibility index (Phi) is 2.55. The summed E-state index contributed by atoms with van der Waals surface area (Å²) in [6, 6.07) is 8.25. The first-order valence-electron chi connectivity index (χ1n) is 6.36. The molecule has 0 amide bonds. The van der Waals surface area contributed by atoms with Crippen LogP contribution in [-0.4, -0.2) is 19.3 Å². The summed E-state index contributed by atoms with van der Waals surface area (Å²) in [5.41, 5.74) is 9.74. The number of nitrogens with two attached hydrogens (primary N) is 1. The topological polar surface area (TPSA) is 61.7 Å². The van der Waals surface area contributed by atoms with Gasteiger partial charge in [-0.05, 0) is 32.9 Å². The number of nitrogen functional groups attached to an aromatic ring is 1. The quantitative estimate of drug-likeness (QED) is 0.765. The first-order chi connectivity index (χ1) is 9.09. The Morgan fingerprint density at radius 3 is 2.68 bits per heavy atom. The molecule has 3 aromatic rings. The van der Waals surface area contributed by atoms with Gasteiger partial charge in [-0.1, -0.05) is 12.1 Å². The normalized spacial score (nSPS) is 11.6. The average molecular weight is 255 g/mol. The van der Waals surface area contributed by atoms with Crippen molar-refractivity contribution < 1.29 is 0 Å². The smallest absolute Gasteiger partial charge is 0.160 e. The van der Waals surface area contributed by atoms with Crippen molar-refractivity contribution in [3.8, 4) is 5.82 Å². The molecule has 0 aliphatic heterocycles. The number of benzene rings is 1. The molecule has 5 nitrogen and oxygen atoms in total. The van der Waals surface area contributed by atoms with Gasteiger partial charge in [-0.25, -0.2) is 9.67 Å². The summed E-state index contributed by atoms with van der Waals surface area (Å²) >= 11 is 0. The van der Waals surface area contributed by atoms with Gasteiger partial charge in [0, 0.05) is 6.04 Å². The number of anilines is 1. The molecular formula is C14H17N5. The van der Waals surface area contributed by atoms with Crippen molar-refractivity contribution in [3.05, 3.63) is 36.3 Å². The Hall–Kier alpha value is -2.30. The number of aromatic nitrogens is 4. The molecule has 0 saturated heterocycles. The summed E-state index contributed by atoms with van der Waals surface area (Å²) < 4.78 is 3.95. The molecule has 5 heteroatoms. The van der Waals surface area contributed by atoms with Crippen molar-refractivity contribution in [1.82, 2.24) is 19.3 Å². The summed E-state index contributed by atoms with van der Waals surface area (Å²) in [6.45, 7) is 6.11. The fraction of sp³-hybridized carbons (Fsp3) is 0.286. The molecule has 2 heterocycles. The van der Waals surface area contributed by atoms with E-state index in [1.54, 1.807) is 6.33 Å². The van der Waals surface area contributed by atoms with Crippen molar-refractivity contribution >= 4 is 16.7 Å². The maximum Gasteiger partial charge on any atom is 0.160 e. The van der Waals surface area contributed by atoms with Crippen LogP contribution in [0.5, 0.6) is 0 Å². The van der Waals surface area contributed by atoms with E-state index in [1.807, 2.05) is 40.4 Å². The zero-order chi connectivity index (χ0) is 13.6. The van der Waals surface area contributed by atoms with Gasteiger partial charge in [0.25, 0.3) is 0 Å². The molecule has 19 heavy (non-hydrogen) atoms. The highest BCUT2D eigenvalue weighted by Crippen LogP contribution is 2.27. The molecule has 0 fully saturated rings. The number of imidazole rings is 1. The van der Waals surface area contributed by atoms with Gasteiger partial charge >= 0.3 is 0 Å². The molecule has 0 unspecified atom stereocenters. The summed E-state index contributed by atoms with van der Waals surface area (Å²) in [7, 11) is 0. The molecule has 0 aliphatic rings. The number of aryl methyl sites for hydroxylation is 1. The molecule has 0 saturated carbocycles. The van der Waals surface area contributed by atoms with Crippen molar-refractivity contribution in [2.24, 2.45) is 0 Å². The number of nitrogens with zero attached hydrogens (tertiary/aromatic N) is 4. The van der Waals surface area contributed by atoms with Crippen LogP contribution in [0.2, 0.25) is 0 Å². The number of para-hydroxylation sites is 2. The second-order valence-corrected chi connectivity index (χ2v) is 4.96. The molecule has 0 radical (unpaired) electrons. The van der Waals surface area contributed by atoms with E-state index in [2.05, 4.69) is 23.9 Å². The Morgan fingerprint density at radius 1 is 1.21 bits per heavy atom. The van der Waals surface area contributed by atoms with Gasteiger partial charge in [0.1, 0.15) is 6.33 Å². The van der Waals surface area contributed by atoms with E-state index in [1.165, 1.54) is 0 Å². The van der Waals surface area contributed by atoms with Gasteiger partial charge in [0.2, 0.25) is 0 Å². The lowest BCUT2D eigenvalue weighted by Crippen LogP contribution is -2.10. The SMILES string of the molecule is Cc1nn(C(C)C)c(-n2cnc3ccccc32)c1N. The van der Waals surface area contributed by atoms with Crippen LogP contribution < -0.4 is 5.73 Å². The Morgan fingerprint density at radius 2 is 1.95 bits per heavy atom. The highest BCUT2D eigenvalue weighted by Gasteiger charge is 2.18. The van der Waals surface area contributed by atoms with E-state index < -0.39 is 0 Å². The lowest BCUT2D eigenvalue weighted by atomic mass is 10.3. The van der Waals surface area contributed by atoms with E-state index in [0.717, 1.165) is 22.5 Å². The van der Waals surface area contributed by atoms with Crippen molar-refractivity contribution in [2.45, 2.75) is 26.8 Å². The minimum Gasteiger partial charge on any atom is -0.394 e. The van der Waals surface area contributed by atoms with Crippen molar-refractivity contribution in [3.63, 3.8) is 0 Å². The van der Waals surface area contributed by atoms with E-state index in [4.69, 9.17) is 5.73 Å². The van der Waals surface area contributed by atoms with E-state index in [0.29, 0.717) is 5.69 Å². The van der Waals surface area contributed by atoms with E-state index in [9.17, 15) is 0 Å². The lowest BCUT2D eigenvalue weighted by Gasteiger charge is -2.12. The van der Waals surface area contributed by atoms with Crippen LogP contribution in [0.1, 0.15) is 25.6 Å². The molecule has 2 aromatic heterocycles. The van der Waals surface area contributed by atoms with Gasteiger partial charge in [-0.2, -0.15) is 5.10 Å². The van der Waals surface area contributed by atoms with Gasteiger partial charge in [-0.15, -0.1) is 0 Å². The predicted octanol–water partition coefficient (Wildman–Crippen LogP) is 2.69. The Balaban J connectivity index is 2.32. The second kappa shape index (κ2) is 4.12.